The number of halogens is 3. The molecule has 10 heteroatoms. The molecule has 6 nitrogen and oxygen atoms in total. The molecule has 5 aromatic rings. The number of aromatic nitrogens is 5. The molecule has 0 aliphatic rings. The van der Waals surface area contributed by atoms with E-state index in [1.807, 2.05) is 36.4 Å². The molecule has 2 aromatic heterocycles. The third-order valence-electron chi connectivity index (χ3n) is 5.44. The second kappa shape index (κ2) is 9.38. The molecule has 5 rings (SSSR count). The smallest absolute Gasteiger partial charge is 0.291 e. The van der Waals surface area contributed by atoms with Crippen molar-refractivity contribution >= 4 is 22.7 Å². The highest BCUT2D eigenvalue weighted by atomic mass is 32.2. The van der Waals surface area contributed by atoms with E-state index in [1.165, 1.54) is 23.0 Å². The maximum absolute atomic E-state index is 13.4. The third-order valence-corrected chi connectivity index (χ3v) is 6.42. The standard InChI is InChI=1S/C25H18F3N5OS/c26-25(27,28)20-12-6-4-8-17(20)15-35-24-31-30-22(33(24)18-9-2-1-3-10-18)14-32-16-29-21-13-7-5-11-19(21)23(32)34/h1-13,16H,14-15H2. The summed E-state index contributed by atoms with van der Waals surface area (Å²) in [5.74, 6) is 0.514. The van der Waals surface area contributed by atoms with Crippen molar-refractivity contribution in [3.63, 3.8) is 0 Å². The number of thioether (sulfide) groups is 1. The van der Waals surface area contributed by atoms with Crippen molar-refractivity contribution in [1.29, 1.82) is 0 Å². The van der Waals surface area contributed by atoms with Gasteiger partial charge in [0.1, 0.15) is 0 Å². The molecule has 35 heavy (non-hydrogen) atoms. The van der Waals surface area contributed by atoms with Crippen molar-refractivity contribution in [2.75, 3.05) is 0 Å². The number of hydrogen-bond donors (Lipinski definition) is 0. The Morgan fingerprint density at radius 1 is 0.857 bits per heavy atom. The van der Waals surface area contributed by atoms with Gasteiger partial charge in [-0.15, -0.1) is 10.2 Å². The lowest BCUT2D eigenvalue weighted by Gasteiger charge is -2.13. The van der Waals surface area contributed by atoms with Gasteiger partial charge in [-0.2, -0.15) is 13.2 Å². The maximum atomic E-state index is 13.4. The summed E-state index contributed by atoms with van der Waals surface area (Å²) in [6.45, 7) is 0.0955. The van der Waals surface area contributed by atoms with Crippen LogP contribution in [0.25, 0.3) is 16.6 Å². The van der Waals surface area contributed by atoms with E-state index in [-0.39, 0.29) is 23.4 Å². The van der Waals surface area contributed by atoms with Crippen LogP contribution in [0.5, 0.6) is 0 Å². The van der Waals surface area contributed by atoms with Crippen molar-refractivity contribution in [3.8, 4) is 5.69 Å². The molecular formula is C25H18F3N5OS. The molecule has 0 spiro atoms. The molecule has 0 saturated carbocycles. The minimum Gasteiger partial charge on any atom is -0.291 e. The van der Waals surface area contributed by atoms with Gasteiger partial charge in [0.25, 0.3) is 5.56 Å². The molecule has 0 amide bonds. The van der Waals surface area contributed by atoms with Crippen LogP contribution in [0.1, 0.15) is 17.0 Å². The van der Waals surface area contributed by atoms with E-state index in [1.54, 1.807) is 28.8 Å². The highest BCUT2D eigenvalue weighted by molar-refractivity contribution is 7.98. The minimum atomic E-state index is -4.44. The number of rotatable bonds is 6. The van der Waals surface area contributed by atoms with Crippen molar-refractivity contribution in [2.24, 2.45) is 0 Å². The molecule has 0 fully saturated rings. The molecule has 176 valence electrons. The Morgan fingerprint density at radius 3 is 2.37 bits per heavy atom. The fraction of sp³-hybridized carbons (Fsp3) is 0.120. The molecule has 0 atom stereocenters. The van der Waals surface area contributed by atoms with Crippen molar-refractivity contribution < 1.29 is 13.2 Å². The summed E-state index contributed by atoms with van der Waals surface area (Å²) in [6, 6.07) is 21.8. The first-order valence-corrected chi connectivity index (χ1v) is 11.6. The van der Waals surface area contributed by atoms with Gasteiger partial charge < -0.3 is 0 Å². The highest BCUT2D eigenvalue weighted by Crippen LogP contribution is 2.35. The van der Waals surface area contributed by atoms with Crippen LogP contribution in [-0.4, -0.2) is 24.3 Å². The average molecular weight is 494 g/mol. The average Bonchev–Trinajstić information content (AvgIpc) is 3.27. The Morgan fingerprint density at radius 2 is 1.57 bits per heavy atom. The first kappa shape index (κ1) is 22.9. The Labute approximate surface area is 202 Å². The number of nitrogens with zero attached hydrogens (tertiary/aromatic N) is 5. The Bertz CT molecular complexity index is 1550. The summed E-state index contributed by atoms with van der Waals surface area (Å²) in [6.07, 6.45) is -2.99. The van der Waals surface area contributed by atoms with Crippen LogP contribution >= 0.6 is 11.8 Å². The second-order valence-electron chi connectivity index (χ2n) is 7.71. The van der Waals surface area contributed by atoms with Gasteiger partial charge in [-0.25, -0.2) is 4.98 Å². The molecule has 0 aliphatic carbocycles. The van der Waals surface area contributed by atoms with Gasteiger partial charge in [0.05, 0.1) is 29.3 Å². The molecule has 0 unspecified atom stereocenters. The summed E-state index contributed by atoms with van der Waals surface area (Å²) in [5, 5.41) is 9.43. The molecule has 0 aliphatic heterocycles. The van der Waals surface area contributed by atoms with Crippen molar-refractivity contribution in [2.45, 2.75) is 23.6 Å². The van der Waals surface area contributed by atoms with Crippen LogP contribution < -0.4 is 5.56 Å². The maximum Gasteiger partial charge on any atom is 0.416 e. The van der Waals surface area contributed by atoms with E-state index in [9.17, 15) is 18.0 Å². The van der Waals surface area contributed by atoms with Crippen molar-refractivity contribution in [3.05, 3.63) is 112 Å². The van der Waals surface area contributed by atoms with Gasteiger partial charge >= 0.3 is 6.18 Å². The van der Waals surface area contributed by atoms with Crippen LogP contribution in [-0.2, 0) is 18.5 Å². The van der Waals surface area contributed by atoms with Crippen LogP contribution in [0.4, 0.5) is 13.2 Å². The van der Waals surface area contributed by atoms with Crippen LogP contribution in [0, 0.1) is 0 Å². The first-order valence-electron chi connectivity index (χ1n) is 10.6. The molecular weight excluding hydrogens is 475 g/mol. The summed E-state index contributed by atoms with van der Waals surface area (Å²) < 4.78 is 43.5. The van der Waals surface area contributed by atoms with Gasteiger partial charge in [0, 0.05) is 11.4 Å². The van der Waals surface area contributed by atoms with Gasteiger partial charge in [-0.1, -0.05) is 60.3 Å². The lowest BCUT2D eigenvalue weighted by molar-refractivity contribution is -0.138. The number of hydrogen-bond acceptors (Lipinski definition) is 5. The van der Waals surface area contributed by atoms with E-state index >= 15 is 0 Å². The van der Waals surface area contributed by atoms with Gasteiger partial charge in [-0.3, -0.25) is 13.9 Å². The predicted octanol–water partition coefficient (Wildman–Crippen LogP) is 5.34. The fourth-order valence-corrected chi connectivity index (χ4v) is 4.74. The highest BCUT2D eigenvalue weighted by Gasteiger charge is 2.33. The van der Waals surface area contributed by atoms with E-state index in [0.29, 0.717) is 21.9 Å². The van der Waals surface area contributed by atoms with Gasteiger partial charge in [0.15, 0.2) is 11.0 Å². The van der Waals surface area contributed by atoms with Crippen LogP contribution in [0.15, 0.2) is 95.1 Å². The van der Waals surface area contributed by atoms with E-state index in [0.717, 1.165) is 23.5 Å². The van der Waals surface area contributed by atoms with Gasteiger partial charge in [0.2, 0.25) is 0 Å². The number of benzene rings is 3. The Hall–Kier alpha value is -3.92. The second-order valence-corrected chi connectivity index (χ2v) is 8.65. The monoisotopic (exact) mass is 493 g/mol. The topological polar surface area (TPSA) is 65.6 Å². The zero-order valence-corrected chi connectivity index (χ0v) is 19.0. The lowest BCUT2D eigenvalue weighted by Crippen LogP contribution is -2.22. The predicted molar refractivity (Wildman–Crippen MR) is 127 cm³/mol. The minimum absolute atomic E-state index is 0.0537. The molecule has 0 saturated heterocycles. The fourth-order valence-electron chi connectivity index (χ4n) is 3.77. The first-order chi connectivity index (χ1) is 16.9. The zero-order chi connectivity index (χ0) is 24.4. The number of fused-ring (bicyclic) bond motifs is 1. The molecule has 0 N–H and O–H groups in total. The SMILES string of the molecule is O=c1c2ccccc2ncn1Cc1nnc(SCc2ccccc2C(F)(F)F)n1-c1ccccc1. The molecule has 2 heterocycles. The summed E-state index contributed by atoms with van der Waals surface area (Å²) in [5.41, 5.74) is 0.599. The molecule has 0 bridgehead atoms. The summed E-state index contributed by atoms with van der Waals surface area (Å²) in [4.78, 5) is 17.3. The summed E-state index contributed by atoms with van der Waals surface area (Å²) >= 11 is 1.15. The van der Waals surface area contributed by atoms with Crippen LogP contribution in [0.2, 0.25) is 0 Å². The molecule has 3 aromatic carbocycles. The Kier molecular flexibility index (Phi) is 6.12. The molecule has 0 radical (unpaired) electrons. The summed E-state index contributed by atoms with van der Waals surface area (Å²) in [7, 11) is 0. The van der Waals surface area contributed by atoms with Crippen LogP contribution in [0.3, 0.4) is 0 Å². The Balaban J connectivity index is 1.51. The van der Waals surface area contributed by atoms with Crippen molar-refractivity contribution in [1.82, 2.24) is 24.3 Å². The largest absolute Gasteiger partial charge is 0.416 e. The number of alkyl halides is 3. The number of para-hydroxylation sites is 2. The van der Waals surface area contributed by atoms with E-state index < -0.39 is 11.7 Å². The lowest BCUT2D eigenvalue weighted by atomic mass is 10.1. The normalized spacial score (nSPS) is 11.7. The zero-order valence-electron chi connectivity index (χ0n) is 18.2. The quantitative estimate of drug-likeness (QED) is 0.299. The van der Waals surface area contributed by atoms with E-state index in [4.69, 9.17) is 0 Å². The van der Waals surface area contributed by atoms with E-state index in [2.05, 4.69) is 15.2 Å². The van der Waals surface area contributed by atoms with Gasteiger partial charge in [-0.05, 0) is 35.9 Å². The third kappa shape index (κ3) is 4.69.